The molecule has 166 valence electrons. The van der Waals surface area contributed by atoms with Crippen molar-refractivity contribution in [2.24, 2.45) is 11.8 Å². The largest absolute Gasteiger partial charge is 0.346 e. The Labute approximate surface area is 184 Å². The first kappa shape index (κ1) is 20.8. The van der Waals surface area contributed by atoms with Gasteiger partial charge in [0.1, 0.15) is 6.04 Å². The minimum absolute atomic E-state index is 0.0423. The summed E-state index contributed by atoms with van der Waals surface area (Å²) in [5.74, 6) is -2.53. The molecule has 0 spiro atoms. The number of nitrogens with zero attached hydrogens (tertiary/aromatic N) is 2. The number of carbonyl (C=O) groups excluding carboxylic acids is 2. The Morgan fingerprint density at radius 2 is 1.90 bits per heavy atom. The minimum atomic E-state index is -3.01. The van der Waals surface area contributed by atoms with E-state index in [1.54, 1.807) is 0 Å². The van der Waals surface area contributed by atoms with Gasteiger partial charge in [-0.1, -0.05) is 6.07 Å². The van der Waals surface area contributed by atoms with E-state index in [1.807, 2.05) is 23.6 Å². The van der Waals surface area contributed by atoms with E-state index in [-0.39, 0.29) is 23.5 Å². The minimum Gasteiger partial charge on any atom is -0.346 e. The second-order valence-corrected chi connectivity index (χ2v) is 11.0. The summed E-state index contributed by atoms with van der Waals surface area (Å²) in [6.07, 6.45) is 5.07. The lowest BCUT2D eigenvalue weighted by atomic mass is 9.50. The fraction of sp³-hybridized carbons (Fsp3) is 0.682. The fourth-order valence-corrected chi connectivity index (χ4v) is 7.50. The number of hydrogen-bond donors (Lipinski definition) is 2. The molecule has 5 fully saturated rings. The summed E-state index contributed by atoms with van der Waals surface area (Å²) in [4.78, 5) is 27.2. The fourth-order valence-electron chi connectivity index (χ4n) is 6.88. The Morgan fingerprint density at radius 3 is 2.55 bits per heavy atom. The van der Waals surface area contributed by atoms with Crippen LogP contribution in [0, 0.1) is 23.2 Å². The van der Waals surface area contributed by atoms with E-state index in [2.05, 4.69) is 10.6 Å². The van der Waals surface area contributed by atoms with Crippen LogP contribution < -0.4 is 10.6 Å². The molecule has 2 unspecified atom stereocenters. The Hall–Kier alpha value is -2.05. The van der Waals surface area contributed by atoms with Crippen molar-refractivity contribution in [3.63, 3.8) is 0 Å². The molecule has 6 nitrogen and oxygen atoms in total. The smallest absolute Gasteiger partial charge is 0.268 e. The zero-order chi connectivity index (χ0) is 21.9. The highest BCUT2D eigenvalue weighted by Gasteiger charge is 2.58. The highest BCUT2D eigenvalue weighted by atomic mass is 32.1. The molecule has 0 aromatic carbocycles. The quantitative estimate of drug-likeness (QED) is 0.725. The average molecular weight is 449 g/mol. The lowest BCUT2D eigenvalue weighted by Crippen LogP contribution is -2.69. The molecular weight excluding hydrogens is 422 g/mol. The van der Waals surface area contributed by atoms with Crippen molar-refractivity contribution < 1.29 is 18.4 Å². The standard InChI is InChI=1S/C22H26F2N4O2S/c23-22(24)9-16(10-25)28(13-22)18(29)11-26-20-5-14-4-15(6-20)8-21(7-14,12-20)27-19(30)17-2-1-3-31-17/h1-3,14-16,26H,4-9,11-13H2,(H,27,30)/t14?,15?,16-,20?,21?/m0/s1. The van der Waals surface area contributed by atoms with Gasteiger partial charge in [-0.15, -0.1) is 11.3 Å². The zero-order valence-electron chi connectivity index (χ0n) is 17.2. The van der Waals surface area contributed by atoms with Gasteiger partial charge in [0.05, 0.1) is 24.0 Å². The van der Waals surface area contributed by atoms with Crippen LogP contribution >= 0.6 is 11.3 Å². The number of rotatable bonds is 5. The summed E-state index contributed by atoms with van der Waals surface area (Å²) in [5.41, 5.74) is -0.552. The maximum absolute atomic E-state index is 13.7. The molecule has 1 aliphatic heterocycles. The SMILES string of the molecule is N#C[C@@H]1CC(F)(F)CN1C(=O)CNC12CC3CC(C1)CC(NC(=O)c1cccs1)(C3)C2. The molecular formula is C22H26F2N4O2S. The molecule has 5 aliphatic rings. The van der Waals surface area contributed by atoms with Crippen LogP contribution in [-0.2, 0) is 4.79 Å². The summed E-state index contributed by atoms with van der Waals surface area (Å²) >= 11 is 1.42. The van der Waals surface area contributed by atoms with E-state index in [1.165, 1.54) is 11.3 Å². The number of alkyl halides is 2. The molecule has 6 rings (SSSR count). The van der Waals surface area contributed by atoms with Crippen molar-refractivity contribution in [3.05, 3.63) is 22.4 Å². The number of halogens is 2. The Balaban J connectivity index is 1.28. The summed E-state index contributed by atoms with van der Waals surface area (Å²) in [5, 5.41) is 17.8. The Kier molecular flexibility index (Phi) is 4.87. The third-order valence-corrected chi connectivity index (χ3v) is 8.41. The molecule has 4 aliphatic carbocycles. The van der Waals surface area contributed by atoms with Crippen molar-refractivity contribution in [2.75, 3.05) is 13.1 Å². The number of likely N-dealkylation sites (tertiary alicyclic amines) is 1. The van der Waals surface area contributed by atoms with Crippen molar-refractivity contribution in [2.45, 2.75) is 68.0 Å². The third kappa shape index (κ3) is 3.85. The second-order valence-electron chi connectivity index (χ2n) is 10.0. The monoisotopic (exact) mass is 448 g/mol. The highest BCUT2D eigenvalue weighted by Crippen LogP contribution is 2.57. The van der Waals surface area contributed by atoms with E-state index in [0.717, 1.165) is 43.4 Å². The lowest BCUT2D eigenvalue weighted by molar-refractivity contribution is -0.133. The van der Waals surface area contributed by atoms with Gasteiger partial charge in [0.2, 0.25) is 5.91 Å². The number of hydrogen-bond acceptors (Lipinski definition) is 5. The first-order valence-corrected chi connectivity index (χ1v) is 11.8. The maximum atomic E-state index is 13.7. The van der Waals surface area contributed by atoms with Crippen LogP contribution in [0.3, 0.4) is 0 Å². The van der Waals surface area contributed by atoms with Gasteiger partial charge in [0, 0.05) is 17.5 Å². The second kappa shape index (κ2) is 7.24. The molecule has 4 saturated carbocycles. The average Bonchev–Trinajstić information content (AvgIpc) is 3.32. The van der Waals surface area contributed by atoms with E-state index < -0.39 is 30.8 Å². The molecule has 1 aromatic rings. The van der Waals surface area contributed by atoms with Crippen LogP contribution in [0.4, 0.5) is 8.78 Å². The van der Waals surface area contributed by atoms with Gasteiger partial charge in [0.25, 0.3) is 11.8 Å². The van der Waals surface area contributed by atoms with Crippen LogP contribution in [0.5, 0.6) is 0 Å². The van der Waals surface area contributed by atoms with Gasteiger partial charge in [-0.25, -0.2) is 8.78 Å². The topological polar surface area (TPSA) is 85.2 Å². The molecule has 9 heteroatoms. The van der Waals surface area contributed by atoms with Crippen LogP contribution in [0.25, 0.3) is 0 Å². The summed E-state index contributed by atoms with van der Waals surface area (Å²) < 4.78 is 27.5. The van der Waals surface area contributed by atoms with Crippen molar-refractivity contribution in [3.8, 4) is 6.07 Å². The predicted molar refractivity (Wildman–Crippen MR) is 111 cm³/mol. The van der Waals surface area contributed by atoms with E-state index in [9.17, 15) is 23.6 Å². The van der Waals surface area contributed by atoms with Crippen LogP contribution in [0.15, 0.2) is 17.5 Å². The maximum Gasteiger partial charge on any atom is 0.268 e. The van der Waals surface area contributed by atoms with Crippen molar-refractivity contribution in [1.29, 1.82) is 5.26 Å². The van der Waals surface area contributed by atoms with E-state index >= 15 is 0 Å². The normalized spacial score (nSPS) is 37.6. The first-order valence-electron chi connectivity index (χ1n) is 10.9. The first-order chi connectivity index (χ1) is 14.7. The molecule has 31 heavy (non-hydrogen) atoms. The molecule has 4 bridgehead atoms. The molecule has 0 radical (unpaired) electrons. The Bertz CT molecular complexity index is 914. The molecule has 1 saturated heterocycles. The number of thiophene rings is 1. The van der Waals surface area contributed by atoms with Crippen LogP contribution in [-0.4, -0.2) is 52.8 Å². The third-order valence-electron chi connectivity index (χ3n) is 7.54. The summed E-state index contributed by atoms with van der Waals surface area (Å²) in [6, 6.07) is 4.45. The summed E-state index contributed by atoms with van der Waals surface area (Å²) in [7, 11) is 0. The molecule has 2 N–H and O–H groups in total. The number of nitriles is 1. The van der Waals surface area contributed by atoms with E-state index in [0.29, 0.717) is 16.7 Å². The highest BCUT2D eigenvalue weighted by molar-refractivity contribution is 7.12. The number of carbonyl (C=O) groups is 2. The van der Waals surface area contributed by atoms with Gasteiger partial charge >= 0.3 is 0 Å². The number of nitrogens with one attached hydrogen (secondary N) is 2. The van der Waals surface area contributed by atoms with Gasteiger partial charge in [0.15, 0.2) is 0 Å². The van der Waals surface area contributed by atoms with Gasteiger partial charge < -0.3 is 15.5 Å². The molecule has 3 atom stereocenters. The van der Waals surface area contributed by atoms with Gasteiger partial charge in [-0.3, -0.25) is 9.59 Å². The van der Waals surface area contributed by atoms with Crippen LogP contribution in [0.2, 0.25) is 0 Å². The Morgan fingerprint density at radius 1 is 1.19 bits per heavy atom. The van der Waals surface area contributed by atoms with Gasteiger partial charge in [-0.2, -0.15) is 5.26 Å². The predicted octanol–water partition coefficient (Wildman–Crippen LogP) is 2.92. The lowest BCUT2D eigenvalue weighted by Gasteiger charge is -2.62. The van der Waals surface area contributed by atoms with Crippen molar-refractivity contribution in [1.82, 2.24) is 15.5 Å². The van der Waals surface area contributed by atoms with Gasteiger partial charge in [-0.05, 0) is 61.8 Å². The number of amides is 2. The summed E-state index contributed by atoms with van der Waals surface area (Å²) in [6.45, 7) is -0.743. The molecule has 1 aromatic heterocycles. The molecule has 2 heterocycles. The van der Waals surface area contributed by atoms with Crippen molar-refractivity contribution >= 4 is 23.2 Å². The molecule has 2 amide bonds. The van der Waals surface area contributed by atoms with Crippen LogP contribution in [0.1, 0.15) is 54.6 Å². The zero-order valence-corrected chi connectivity index (χ0v) is 18.0. The van der Waals surface area contributed by atoms with E-state index in [4.69, 9.17) is 0 Å².